The third-order valence-corrected chi connectivity index (χ3v) is 1.89. The standard InChI is InChI=1S/C7H14N2O/c1-6(2)9-4-7(10)8(3)5-9/h6H,4-5H2,1-3H3. The summed E-state index contributed by atoms with van der Waals surface area (Å²) in [5.74, 6) is 0.230. The lowest BCUT2D eigenvalue weighted by molar-refractivity contribution is -0.125. The Labute approximate surface area is 61.6 Å². The summed E-state index contributed by atoms with van der Waals surface area (Å²) >= 11 is 0. The van der Waals surface area contributed by atoms with Gasteiger partial charge in [0.05, 0.1) is 13.2 Å². The number of likely N-dealkylation sites (N-methyl/N-ethyl adjacent to an activating group) is 1. The van der Waals surface area contributed by atoms with Gasteiger partial charge in [-0.2, -0.15) is 0 Å². The highest BCUT2D eigenvalue weighted by molar-refractivity contribution is 5.79. The molecule has 58 valence electrons. The third kappa shape index (κ3) is 1.29. The van der Waals surface area contributed by atoms with Crippen molar-refractivity contribution in [2.24, 2.45) is 0 Å². The van der Waals surface area contributed by atoms with Crippen molar-refractivity contribution < 1.29 is 4.79 Å². The van der Waals surface area contributed by atoms with Crippen molar-refractivity contribution in [1.29, 1.82) is 0 Å². The molecule has 1 heterocycles. The summed E-state index contributed by atoms with van der Waals surface area (Å²) < 4.78 is 0. The van der Waals surface area contributed by atoms with Crippen LogP contribution >= 0.6 is 0 Å². The van der Waals surface area contributed by atoms with Gasteiger partial charge in [-0.25, -0.2) is 0 Å². The van der Waals surface area contributed by atoms with Crippen molar-refractivity contribution in [3.63, 3.8) is 0 Å². The van der Waals surface area contributed by atoms with Gasteiger partial charge in [-0.1, -0.05) is 0 Å². The maximum Gasteiger partial charge on any atom is 0.237 e. The van der Waals surface area contributed by atoms with Gasteiger partial charge in [0.15, 0.2) is 0 Å². The number of nitrogens with zero attached hydrogens (tertiary/aromatic N) is 2. The van der Waals surface area contributed by atoms with Crippen molar-refractivity contribution in [3.05, 3.63) is 0 Å². The Kier molecular flexibility index (Phi) is 1.94. The van der Waals surface area contributed by atoms with Crippen molar-refractivity contribution in [1.82, 2.24) is 9.80 Å². The maximum absolute atomic E-state index is 11.0. The molecule has 0 spiro atoms. The summed E-state index contributed by atoms with van der Waals surface area (Å²) in [5.41, 5.74) is 0. The fourth-order valence-electron chi connectivity index (χ4n) is 1.04. The molecule has 0 aromatic carbocycles. The minimum absolute atomic E-state index is 0.230. The van der Waals surface area contributed by atoms with Crippen molar-refractivity contribution in [2.75, 3.05) is 20.3 Å². The molecule has 1 aliphatic heterocycles. The van der Waals surface area contributed by atoms with Crippen molar-refractivity contribution in [3.8, 4) is 0 Å². The Bertz CT molecular complexity index is 145. The molecule has 0 N–H and O–H groups in total. The molecule has 1 aliphatic rings. The quantitative estimate of drug-likeness (QED) is 0.519. The van der Waals surface area contributed by atoms with Crippen LogP contribution < -0.4 is 0 Å². The molecule has 1 fully saturated rings. The normalized spacial score (nSPS) is 21.2. The van der Waals surface area contributed by atoms with E-state index < -0.39 is 0 Å². The SMILES string of the molecule is CC(C)N1CC(=O)N(C)C1. The van der Waals surface area contributed by atoms with Crippen LogP contribution in [0.3, 0.4) is 0 Å². The predicted molar refractivity (Wildman–Crippen MR) is 39.5 cm³/mol. The Morgan fingerprint density at radius 3 is 2.30 bits per heavy atom. The van der Waals surface area contributed by atoms with Crippen LogP contribution in [0.1, 0.15) is 13.8 Å². The van der Waals surface area contributed by atoms with Gasteiger partial charge in [0.25, 0.3) is 0 Å². The summed E-state index contributed by atoms with van der Waals surface area (Å²) in [5, 5.41) is 0. The summed E-state index contributed by atoms with van der Waals surface area (Å²) in [4.78, 5) is 14.9. The minimum atomic E-state index is 0.230. The van der Waals surface area contributed by atoms with Gasteiger partial charge in [-0.3, -0.25) is 9.69 Å². The first-order chi connectivity index (χ1) is 4.61. The molecule has 0 radical (unpaired) electrons. The number of carbonyl (C=O) groups is 1. The largest absolute Gasteiger partial charge is 0.332 e. The minimum Gasteiger partial charge on any atom is -0.332 e. The number of carbonyl (C=O) groups excluding carboxylic acids is 1. The molecule has 0 aromatic heterocycles. The average molecular weight is 142 g/mol. The van der Waals surface area contributed by atoms with Gasteiger partial charge in [0, 0.05) is 13.1 Å². The van der Waals surface area contributed by atoms with E-state index in [1.807, 2.05) is 7.05 Å². The molecular formula is C7H14N2O. The summed E-state index contributed by atoms with van der Waals surface area (Å²) in [6.07, 6.45) is 0. The van der Waals surface area contributed by atoms with Crippen LogP contribution in [0.4, 0.5) is 0 Å². The molecule has 1 saturated heterocycles. The van der Waals surface area contributed by atoms with Gasteiger partial charge in [0.2, 0.25) is 5.91 Å². The molecule has 3 heteroatoms. The molecule has 0 aliphatic carbocycles. The zero-order valence-electron chi connectivity index (χ0n) is 6.79. The second kappa shape index (κ2) is 2.58. The molecule has 3 nitrogen and oxygen atoms in total. The molecule has 0 atom stereocenters. The van der Waals surface area contributed by atoms with Gasteiger partial charge < -0.3 is 4.90 Å². The topological polar surface area (TPSA) is 23.6 Å². The van der Waals surface area contributed by atoms with Gasteiger partial charge in [-0.15, -0.1) is 0 Å². The molecular weight excluding hydrogens is 128 g/mol. The first-order valence-corrected chi connectivity index (χ1v) is 3.59. The monoisotopic (exact) mass is 142 g/mol. The van der Waals surface area contributed by atoms with Crippen LogP contribution in [0.5, 0.6) is 0 Å². The second-order valence-electron chi connectivity index (χ2n) is 3.07. The van der Waals surface area contributed by atoms with E-state index in [9.17, 15) is 4.79 Å². The van der Waals surface area contributed by atoms with E-state index in [0.717, 1.165) is 6.67 Å². The smallest absolute Gasteiger partial charge is 0.237 e. The third-order valence-electron chi connectivity index (χ3n) is 1.89. The Hall–Kier alpha value is -0.570. The number of rotatable bonds is 1. The van der Waals surface area contributed by atoms with Gasteiger partial charge in [0.1, 0.15) is 0 Å². The Balaban J connectivity index is 2.49. The summed E-state index contributed by atoms with van der Waals surface area (Å²) in [6.45, 7) is 5.59. The molecule has 0 saturated carbocycles. The van der Waals surface area contributed by atoms with Crippen LogP contribution in [0.2, 0.25) is 0 Å². The predicted octanol–water partition coefficient (Wildman–Crippen LogP) is 0.126. The molecule has 10 heavy (non-hydrogen) atoms. The van der Waals surface area contributed by atoms with Gasteiger partial charge in [-0.05, 0) is 13.8 Å². The molecule has 0 bridgehead atoms. The molecule has 0 unspecified atom stereocenters. The van der Waals surface area contributed by atoms with E-state index in [1.165, 1.54) is 0 Å². The van der Waals surface area contributed by atoms with E-state index in [0.29, 0.717) is 12.6 Å². The lowest BCUT2D eigenvalue weighted by atomic mass is 10.3. The Morgan fingerprint density at radius 2 is 2.10 bits per heavy atom. The Morgan fingerprint density at radius 1 is 1.50 bits per heavy atom. The number of hydrogen-bond donors (Lipinski definition) is 0. The lowest BCUT2D eigenvalue weighted by Crippen LogP contribution is -2.29. The van der Waals surface area contributed by atoms with Crippen LogP contribution in [0.25, 0.3) is 0 Å². The zero-order valence-corrected chi connectivity index (χ0v) is 6.79. The zero-order chi connectivity index (χ0) is 7.72. The van der Waals surface area contributed by atoms with E-state index in [-0.39, 0.29) is 5.91 Å². The first kappa shape index (κ1) is 7.54. The number of amides is 1. The summed E-state index contributed by atoms with van der Waals surface area (Å²) in [6, 6.07) is 0.480. The van der Waals surface area contributed by atoms with Crippen LogP contribution in [0.15, 0.2) is 0 Å². The first-order valence-electron chi connectivity index (χ1n) is 3.59. The van der Waals surface area contributed by atoms with E-state index >= 15 is 0 Å². The second-order valence-corrected chi connectivity index (χ2v) is 3.07. The maximum atomic E-state index is 11.0. The highest BCUT2D eigenvalue weighted by Crippen LogP contribution is 2.06. The van der Waals surface area contributed by atoms with Crippen LogP contribution in [-0.4, -0.2) is 42.0 Å². The van der Waals surface area contributed by atoms with E-state index in [2.05, 4.69) is 18.7 Å². The van der Waals surface area contributed by atoms with Crippen LogP contribution in [0, 0.1) is 0 Å². The summed E-state index contributed by atoms with van der Waals surface area (Å²) in [7, 11) is 1.84. The van der Waals surface area contributed by atoms with Gasteiger partial charge >= 0.3 is 0 Å². The average Bonchev–Trinajstić information content (AvgIpc) is 2.13. The highest BCUT2D eigenvalue weighted by Gasteiger charge is 2.25. The highest BCUT2D eigenvalue weighted by atomic mass is 16.2. The fourth-order valence-corrected chi connectivity index (χ4v) is 1.04. The fraction of sp³-hybridized carbons (Fsp3) is 0.857. The number of hydrogen-bond acceptors (Lipinski definition) is 2. The van der Waals surface area contributed by atoms with Crippen LogP contribution in [-0.2, 0) is 4.79 Å². The van der Waals surface area contributed by atoms with Crippen molar-refractivity contribution in [2.45, 2.75) is 19.9 Å². The van der Waals surface area contributed by atoms with E-state index in [4.69, 9.17) is 0 Å². The van der Waals surface area contributed by atoms with E-state index in [1.54, 1.807) is 4.90 Å². The van der Waals surface area contributed by atoms with Crippen molar-refractivity contribution >= 4 is 5.91 Å². The molecule has 0 aromatic rings. The molecule has 1 rings (SSSR count). The molecule has 1 amide bonds. The lowest BCUT2D eigenvalue weighted by Gasteiger charge is -2.18.